The van der Waals surface area contributed by atoms with E-state index in [9.17, 15) is 9.59 Å². The fourth-order valence-corrected chi connectivity index (χ4v) is 2.63. The monoisotopic (exact) mass is 307 g/mol. The fraction of sp³-hybridized carbons (Fsp3) is 0.500. The van der Waals surface area contributed by atoms with E-state index in [0.717, 1.165) is 11.1 Å². The summed E-state index contributed by atoms with van der Waals surface area (Å²) in [7, 11) is 1.63. The van der Waals surface area contributed by atoms with E-state index in [-0.39, 0.29) is 31.4 Å². The van der Waals surface area contributed by atoms with Crippen molar-refractivity contribution in [1.29, 1.82) is 0 Å². The SMILES string of the molecule is COCc1cccc(CC(=O)N2CCOC[C@@H]2CC(=O)O)c1. The van der Waals surface area contributed by atoms with Crippen LogP contribution in [0, 0.1) is 0 Å². The largest absolute Gasteiger partial charge is 0.481 e. The Morgan fingerprint density at radius 3 is 2.91 bits per heavy atom. The molecular weight excluding hydrogens is 286 g/mol. The van der Waals surface area contributed by atoms with Crippen LogP contribution in [0.25, 0.3) is 0 Å². The average Bonchev–Trinajstić information content (AvgIpc) is 2.48. The molecule has 1 aliphatic heterocycles. The van der Waals surface area contributed by atoms with Gasteiger partial charge in [-0.2, -0.15) is 0 Å². The van der Waals surface area contributed by atoms with Crippen LogP contribution < -0.4 is 0 Å². The van der Waals surface area contributed by atoms with Gasteiger partial charge in [0.25, 0.3) is 0 Å². The summed E-state index contributed by atoms with van der Waals surface area (Å²) in [4.78, 5) is 25.0. The zero-order chi connectivity index (χ0) is 15.9. The molecule has 1 aromatic carbocycles. The van der Waals surface area contributed by atoms with E-state index in [1.807, 2.05) is 24.3 Å². The maximum Gasteiger partial charge on any atom is 0.305 e. The second-order valence-electron chi connectivity index (χ2n) is 5.34. The Balaban J connectivity index is 2.03. The second-order valence-corrected chi connectivity index (χ2v) is 5.34. The lowest BCUT2D eigenvalue weighted by Gasteiger charge is -2.35. The van der Waals surface area contributed by atoms with E-state index < -0.39 is 5.97 Å². The molecule has 1 saturated heterocycles. The summed E-state index contributed by atoms with van der Waals surface area (Å²) in [5, 5.41) is 8.94. The van der Waals surface area contributed by atoms with Gasteiger partial charge in [-0.3, -0.25) is 9.59 Å². The summed E-state index contributed by atoms with van der Waals surface area (Å²) in [5.41, 5.74) is 1.91. The summed E-state index contributed by atoms with van der Waals surface area (Å²) >= 11 is 0. The van der Waals surface area contributed by atoms with Gasteiger partial charge in [0.05, 0.1) is 38.7 Å². The predicted molar refractivity (Wildman–Crippen MR) is 79.4 cm³/mol. The van der Waals surface area contributed by atoms with Crippen molar-refractivity contribution in [2.45, 2.75) is 25.5 Å². The van der Waals surface area contributed by atoms with Crippen LogP contribution in [0.1, 0.15) is 17.5 Å². The van der Waals surface area contributed by atoms with Gasteiger partial charge in [0.2, 0.25) is 5.91 Å². The third-order valence-corrected chi connectivity index (χ3v) is 3.62. The zero-order valence-corrected chi connectivity index (χ0v) is 12.7. The lowest BCUT2D eigenvalue weighted by atomic mass is 10.1. The minimum absolute atomic E-state index is 0.0656. The fourth-order valence-electron chi connectivity index (χ4n) is 2.63. The maximum absolute atomic E-state index is 12.5. The summed E-state index contributed by atoms with van der Waals surface area (Å²) in [6.45, 7) is 1.67. The first-order chi connectivity index (χ1) is 10.6. The Labute approximate surface area is 129 Å². The highest BCUT2D eigenvalue weighted by Crippen LogP contribution is 2.14. The number of amides is 1. The minimum atomic E-state index is -0.921. The second kappa shape index (κ2) is 7.91. The summed E-state index contributed by atoms with van der Waals surface area (Å²) in [5.74, 6) is -0.987. The molecule has 0 unspecified atom stereocenters. The topological polar surface area (TPSA) is 76.1 Å². The number of hydrogen-bond donors (Lipinski definition) is 1. The van der Waals surface area contributed by atoms with Crippen molar-refractivity contribution in [3.05, 3.63) is 35.4 Å². The van der Waals surface area contributed by atoms with Crippen molar-refractivity contribution in [3.8, 4) is 0 Å². The van der Waals surface area contributed by atoms with Gasteiger partial charge in [-0.25, -0.2) is 0 Å². The van der Waals surface area contributed by atoms with Crippen molar-refractivity contribution in [2.24, 2.45) is 0 Å². The van der Waals surface area contributed by atoms with Gasteiger partial charge in [0.15, 0.2) is 0 Å². The molecule has 1 heterocycles. The molecule has 0 spiro atoms. The van der Waals surface area contributed by atoms with E-state index >= 15 is 0 Å². The highest BCUT2D eigenvalue weighted by Gasteiger charge is 2.28. The van der Waals surface area contributed by atoms with Gasteiger partial charge < -0.3 is 19.5 Å². The van der Waals surface area contributed by atoms with Crippen molar-refractivity contribution in [1.82, 2.24) is 4.90 Å². The molecule has 0 aliphatic carbocycles. The number of carboxylic acid groups (broad SMARTS) is 1. The Kier molecular flexibility index (Phi) is 5.91. The van der Waals surface area contributed by atoms with Gasteiger partial charge in [-0.1, -0.05) is 24.3 Å². The van der Waals surface area contributed by atoms with Gasteiger partial charge >= 0.3 is 5.97 Å². The first kappa shape index (κ1) is 16.5. The Morgan fingerprint density at radius 2 is 2.18 bits per heavy atom. The van der Waals surface area contributed by atoms with E-state index in [2.05, 4.69) is 0 Å². The molecule has 6 heteroatoms. The molecule has 6 nitrogen and oxygen atoms in total. The summed E-state index contributed by atoms with van der Waals surface area (Å²) in [6, 6.07) is 7.28. The van der Waals surface area contributed by atoms with Crippen LogP contribution >= 0.6 is 0 Å². The standard InChI is InChI=1S/C16H21NO5/c1-21-10-13-4-2-3-12(7-13)8-15(18)17-5-6-22-11-14(17)9-16(19)20/h2-4,7,14H,5-6,8-11H2,1H3,(H,19,20)/t14-/m0/s1. The van der Waals surface area contributed by atoms with Gasteiger partial charge in [0, 0.05) is 13.7 Å². The van der Waals surface area contributed by atoms with Crippen LogP contribution in [0.5, 0.6) is 0 Å². The average molecular weight is 307 g/mol. The number of carbonyl (C=O) groups is 2. The van der Waals surface area contributed by atoms with E-state index in [1.165, 1.54) is 0 Å². The summed E-state index contributed by atoms with van der Waals surface area (Å²) < 4.78 is 10.4. The third kappa shape index (κ3) is 4.54. The van der Waals surface area contributed by atoms with Gasteiger partial charge in [-0.05, 0) is 11.1 Å². The number of morpholine rings is 1. The van der Waals surface area contributed by atoms with Crippen LogP contribution in [0.3, 0.4) is 0 Å². The van der Waals surface area contributed by atoms with Crippen molar-refractivity contribution in [3.63, 3.8) is 0 Å². The van der Waals surface area contributed by atoms with E-state index in [1.54, 1.807) is 12.0 Å². The number of aliphatic carboxylic acids is 1. The van der Waals surface area contributed by atoms with Crippen LogP contribution in [0.2, 0.25) is 0 Å². The van der Waals surface area contributed by atoms with Gasteiger partial charge in [0.1, 0.15) is 0 Å². The normalized spacial score (nSPS) is 18.2. The molecule has 2 rings (SSSR count). The first-order valence-electron chi connectivity index (χ1n) is 7.26. The quantitative estimate of drug-likeness (QED) is 0.851. The molecule has 1 fully saturated rings. The Hall–Kier alpha value is -1.92. The molecule has 1 aromatic rings. The molecule has 0 radical (unpaired) electrons. The smallest absolute Gasteiger partial charge is 0.305 e. The molecule has 0 aromatic heterocycles. The molecule has 0 saturated carbocycles. The zero-order valence-electron chi connectivity index (χ0n) is 12.7. The number of carbonyl (C=O) groups excluding carboxylic acids is 1. The van der Waals surface area contributed by atoms with E-state index in [4.69, 9.17) is 14.6 Å². The lowest BCUT2D eigenvalue weighted by Crippen LogP contribution is -2.50. The molecule has 120 valence electrons. The number of nitrogens with zero attached hydrogens (tertiary/aromatic N) is 1. The molecule has 1 aliphatic rings. The van der Waals surface area contributed by atoms with E-state index in [0.29, 0.717) is 19.8 Å². The highest BCUT2D eigenvalue weighted by molar-refractivity contribution is 5.80. The third-order valence-electron chi connectivity index (χ3n) is 3.62. The molecular formula is C16H21NO5. The Bertz CT molecular complexity index is 531. The summed E-state index contributed by atoms with van der Waals surface area (Å²) in [6.07, 6.45) is 0.170. The minimum Gasteiger partial charge on any atom is -0.481 e. The first-order valence-corrected chi connectivity index (χ1v) is 7.26. The van der Waals surface area contributed by atoms with Crippen LogP contribution in [-0.4, -0.2) is 54.8 Å². The maximum atomic E-state index is 12.5. The van der Waals surface area contributed by atoms with Crippen molar-refractivity contribution < 1.29 is 24.2 Å². The molecule has 22 heavy (non-hydrogen) atoms. The predicted octanol–water partition coefficient (Wildman–Crippen LogP) is 1.08. The van der Waals surface area contributed by atoms with Crippen LogP contribution in [0.4, 0.5) is 0 Å². The van der Waals surface area contributed by atoms with Gasteiger partial charge in [-0.15, -0.1) is 0 Å². The van der Waals surface area contributed by atoms with Crippen molar-refractivity contribution >= 4 is 11.9 Å². The van der Waals surface area contributed by atoms with Crippen LogP contribution in [0.15, 0.2) is 24.3 Å². The lowest BCUT2D eigenvalue weighted by molar-refractivity contribution is -0.145. The molecule has 1 N–H and O–H groups in total. The number of hydrogen-bond acceptors (Lipinski definition) is 4. The van der Waals surface area contributed by atoms with Crippen molar-refractivity contribution in [2.75, 3.05) is 26.9 Å². The molecule has 1 atom stereocenters. The number of carboxylic acids is 1. The number of benzene rings is 1. The number of methoxy groups -OCH3 is 1. The number of rotatable bonds is 6. The van der Waals surface area contributed by atoms with Crippen LogP contribution in [-0.2, 0) is 32.1 Å². The Morgan fingerprint density at radius 1 is 1.41 bits per heavy atom. The highest BCUT2D eigenvalue weighted by atomic mass is 16.5. The molecule has 1 amide bonds. The number of ether oxygens (including phenoxy) is 2. The molecule has 0 bridgehead atoms.